The Morgan fingerprint density at radius 1 is 1.13 bits per heavy atom. The number of Topliss-reactive ketones (excluding diaryl/α,β-unsaturated/α-hetero) is 1. The largest absolute Gasteiger partial charge is 0.488 e. The van der Waals surface area contributed by atoms with Crippen LogP contribution in [0.25, 0.3) is 16.9 Å². The molecule has 1 aromatic heterocycles. The molecule has 7 heteroatoms. The quantitative estimate of drug-likeness (QED) is 0.596. The minimum Gasteiger partial charge on any atom is -0.488 e. The summed E-state index contributed by atoms with van der Waals surface area (Å²) in [7, 11) is 0. The van der Waals surface area contributed by atoms with E-state index in [4.69, 9.17) is 14.7 Å². The van der Waals surface area contributed by atoms with Crippen LogP contribution < -0.4 is 4.74 Å². The first-order valence-corrected chi connectivity index (χ1v) is 10.4. The van der Waals surface area contributed by atoms with Crippen molar-refractivity contribution in [2.75, 3.05) is 26.3 Å². The number of nitriles is 1. The molecular formula is C24H22N4O3. The Morgan fingerprint density at radius 2 is 1.94 bits per heavy atom. The minimum atomic E-state index is -0.287. The molecule has 1 saturated heterocycles. The highest BCUT2D eigenvalue weighted by atomic mass is 16.5. The number of morpholine rings is 1. The molecule has 1 fully saturated rings. The van der Waals surface area contributed by atoms with E-state index in [1.807, 2.05) is 42.5 Å². The van der Waals surface area contributed by atoms with Crippen molar-refractivity contribution < 1.29 is 14.3 Å². The average molecular weight is 414 g/mol. The van der Waals surface area contributed by atoms with Crippen molar-refractivity contribution in [1.82, 2.24) is 14.7 Å². The first-order valence-electron chi connectivity index (χ1n) is 10.4. The zero-order valence-corrected chi connectivity index (χ0v) is 17.1. The van der Waals surface area contributed by atoms with E-state index in [9.17, 15) is 4.79 Å². The first kappa shape index (κ1) is 19.5. The van der Waals surface area contributed by atoms with Crippen molar-refractivity contribution in [3.8, 4) is 28.8 Å². The monoisotopic (exact) mass is 414 g/mol. The van der Waals surface area contributed by atoms with Gasteiger partial charge in [-0.1, -0.05) is 24.3 Å². The summed E-state index contributed by atoms with van der Waals surface area (Å²) in [6.45, 7) is 4.41. The van der Waals surface area contributed by atoms with Gasteiger partial charge in [-0.2, -0.15) is 10.4 Å². The van der Waals surface area contributed by atoms with Crippen LogP contribution in [-0.4, -0.2) is 46.8 Å². The smallest absolute Gasteiger partial charge is 0.197 e. The second-order valence-electron chi connectivity index (χ2n) is 7.69. The lowest BCUT2D eigenvalue weighted by molar-refractivity contribution is 0.0342. The van der Waals surface area contributed by atoms with Gasteiger partial charge in [0.15, 0.2) is 5.78 Å². The second kappa shape index (κ2) is 8.34. The first-order chi connectivity index (χ1) is 15.2. The molecule has 3 aromatic rings. The summed E-state index contributed by atoms with van der Waals surface area (Å²) in [5.41, 5.74) is 4.85. The molecule has 156 valence electrons. The van der Waals surface area contributed by atoms with Crippen LogP contribution in [0.2, 0.25) is 0 Å². The molecular weight excluding hydrogens is 392 g/mol. The van der Waals surface area contributed by atoms with Gasteiger partial charge in [0.2, 0.25) is 0 Å². The molecule has 0 saturated carbocycles. The molecule has 31 heavy (non-hydrogen) atoms. The molecule has 5 rings (SSSR count). The van der Waals surface area contributed by atoms with Crippen molar-refractivity contribution in [3.05, 3.63) is 65.4 Å². The van der Waals surface area contributed by atoms with Crippen molar-refractivity contribution >= 4 is 5.78 Å². The highest BCUT2D eigenvalue weighted by molar-refractivity contribution is 5.99. The lowest BCUT2D eigenvalue weighted by atomic mass is 9.98. The van der Waals surface area contributed by atoms with Crippen molar-refractivity contribution in [1.29, 1.82) is 5.26 Å². The maximum atomic E-state index is 12.6. The Morgan fingerprint density at radius 3 is 2.71 bits per heavy atom. The fourth-order valence-electron chi connectivity index (χ4n) is 4.15. The van der Waals surface area contributed by atoms with Gasteiger partial charge in [0.25, 0.3) is 0 Å². The molecule has 0 unspecified atom stereocenters. The Balaban J connectivity index is 1.61. The van der Waals surface area contributed by atoms with Crippen LogP contribution in [0.3, 0.4) is 0 Å². The summed E-state index contributed by atoms with van der Waals surface area (Å²) >= 11 is 0. The number of carbonyl (C=O) groups excluding carboxylic acids is 1. The van der Waals surface area contributed by atoms with Crippen LogP contribution in [0.1, 0.15) is 28.0 Å². The molecule has 0 atom stereocenters. The summed E-state index contributed by atoms with van der Waals surface area (Å²) < 4.78 is 13.3. The molecule has 0 bridgehead atoms. The molecule has 0 amide bonds. The van der Waals surface area contributed by atoms with Crippen molar-refractivity contribution in [2.24, 2.45) is 0 Å². The Bertz CT molecular complexity index is 1160. The number of ketones is 1. The van der Waals surface area contributed by atoms with E-state index in [0.717, 1.165) is 61.1 Å². The lowest BCUT2D eigenvalue weighted by Crippen LogP contribution is -2.35. The molecule has 3 heterocycles. The summed E-state index contributed by atoms with van der Waals surface area (Å²) in [5.74, 6) is 0.486. The fourth-order valence-corrected chi connectivity index (χ4v) is 4.15. The topological polar surface area (TPSA) is 80.4 Å². The van der Waals surface area contributed by atoms with E-state index < -0.39 is 0 Å². The number of fused-ring (bicyclic) bond motifs is 3. The van der Waals surface area contributed by atoms with Crippen molar-refractivity contribution in [3.63, 3.8) is 0 Å². The number of aromatic nitrogens is 2. The van der Waals surface area contributed by atoms with Gasteiger partial charge in [0.1, 0.15) is 24.5 Å². The maximum Gasteiger partial charge on any atom is 0.197 e. The molecule has 7 nitrogen and oxygen atoms in total. The zero-order chi connectivity index (χ0) is 21.2. The zero-order valence-electron chi connectivity index (χ0n) is 17.1. The van der Waals surface area contributed by atoms with E-state index in [1.54, 1.807) is 4.68 Å². The number of ether oxygens (including phenoxy) is 2. The molecule has 0 spiro atoms. The van der Waals surface area contributed by atoms with E-state index in [0.29, 0.717) is 5.69 Å². The normalized spacial score (nSPS) is 15.5. The van der Waals surface area contributed by atoms with E-state index >= 15 is 0 Å². The Labute approximate surface area is 180 Å². The number of para-hydroxylation sites is 1. The number of benzene rings is 2. The van der Waals surface area contributed by atoms with Gasteiger partial charge in [-0.3, -0.25) is 9.69 Å². The van der Waals surface area contributed by atoms with Crippen LogP contribution in [-0.2, 0) is 17.9 Å². The third kappa shape index (κ3) is 3.72. The van der Waals surface area contributed by atoms with E-state index in [1.165, 1.54) is 5.56 Å². The van der Waals surface area contributed by atoms with Gasteiger partial charge >= 0.3 is 0 Å². The highest BCUT2D eigenvalue weighted by Gasteiger charge is 2.30. The van der Waals surface area contributed by atoms with Crippen molar-refractivity contribution in [2.45, 2.75) is 19.6 Å². The number of nitrogens with zero attached hydrogens (tertiary/aromatic N) is 4. The van der Waals surface area contributed by atoms with Gasteiger partial charge in [0.05, 0.1) is 30.7 Å². The van der Waals surface area contributed by atoms with Gasteiger partial charge in [-0.25, -0.2) is 4.68 Å². The molecule has 0 N–H and O–H groups in total. The SMILES string of the molecule is N#CCC(=O)c1nn(-c2ccccc2)c2c1COc1ccc(CN3CCOCC3)cc1-2. The molecule has 2 aliphatic heterocycles. The van der Waals surface area contributed by atoms with Gasteiger partial charge in [-0.05, 0) is 29.8 Å². The van der Waals surface area contributed by atoms with Gasteiger partial charge in [-0.15, -0.1) is 0 Å². The highest BCUT2D eigenvalue weighted by Crippen LogP contribution is 2.41. The third-order valence-corrected chi connectivity index (χ3v) is 5.67. The van der Waals surface area contributed by atoms with Crippen LogP contribution in [0.15, 0.2) is 48.5 Å². The number of rotatable bonds is 5. The van der Waals surface area contributed by atoms with Gasteiger partial charge < -0.3 is 9.47 Å². The molecule has 2 aliphatic rings. The molecule has 0 aliphatic carbocycles. The number of hydrogen-bond donors (Lipinski definition) is 0. The Hall–Kier alpha value is -3.47. The van der Waals surface area contributed by atoms with E-state index in [2.05, 4.69) is 22.1 Å². The average Bonchev–Trinajstić information content (AvgIpc) is 3.21. The van der Waals surface area contributed by atoms with Crippen LogP contribution in [0, 0.1) is 11.3 Å². The molecule has 0 radical (unpaired) electrons. The standard InChI is InChI=1S/C24H22N4O3/c25-9-8-21(29)23-20-16-31-22-7-6-17(15-27-10-12-30-13-11-27)14-19(22)24(20)28(26-23)18-4-2-1-3-5-18/h1-7,14H,8,10-13,15-16H2. The lowest BCUT2D eigenvalue weighted by Gasteiger charge is -2.27. The summed E-state index contributed by atoms with van der Waals surface area (Å²) in [6.07, 6.45) is -0.206. The summed E-state index contributed by atoms with van der Waals surface area (Å²) in [4.78, 5) is 15.0. The predicted octanol–water partition coefficient (Wildman–Crippen LogP) is 3.36. The van der Waals surface area contributed by atoms with E-state index in [-0.39, 0.29) is 18.8 Å². The van der Waals surface area contributed by atoms with Crippen LogP contribution >= 0.6 is 0 Å². The predicted molar refractivity (Wildman–Crippen MR) is 114 cm³/mol. The maximum absolute atomic E-state index is 12.6. The summed E-state index contributed by atoms with van der Waals surface area (Å²) in [5, 5.41) is 13.7. The van der Waals surface area contributed by atoms with Crippen LogP contribution in [0.4, 0.5) is 0 Å². The number of hydrogen-bond acceptors (Lipinski definition) is 6. The van der Waals surface area contributed by atoms with Gasteiger partial charge in [0, 0.05) is 30.8 Å². The van der Waals surface area contributed by atoms with Crippen LogP contribution in [0.5, 0.6) is 5.75 Å². The second-order valence-corrected chi connectivity index (χ2v) is 7.69. The number of carbonyl (C=O) groups is 1. The minimum absolute atomic E-state index is 0.206. The fraction of sp³-hybridized carbons (Fsp3) is 0.292. The summed E-state index contributed by atoms with van der Waals surface area (Å²) in [6, 6.07) is 17.9. The molecule has 2 aromatic carbocycles. The Kier molecular flexibility index (Phi) is 5.24. The third-order valence-electron chi connectivity index (χ3n) is 5.67.